The van der Waals surface area contributed by atoms with Gasteiger partial charge in [-0.15, -0.1) is 0 Å². The Morgan fingerprint density at radius 1 is 1.07 bits per heavy atom. The minimum atomic E-state index is 0.673. The van der Waals surface area contributed by atoms with Gasteiger partial charge in [-0.25, -0.2) is 0 Å². The third kappa shape index (κ3) is 3.04. The van der Waals surface area contributed by atoms with Crippen LogP contribution in [0.2, 0.25) is 0 Å². The Labute approximate surface area is 168 Å². The van der Waals surface area contributed by atoms with Crippen molar-refractivity contribution in [1.82, 2.24) is 4.90 Å². The number of ether oxygens (including phenoxy) is 1. The van der Waals surface area contributed by atoms with E-state index in [2.05, 4.69) is 58.1 Å². The minimum Gasteiger partial charge on any atom is -0.497 e. The molecular weight excluding hydrogens is 346 g/mol. The lowest BCUT2D eigenvalue weighted by atomic mass is 9.89. The molecule has 0 aliphatic carbocycles. The number of likely N-dealkylation sites (tertiary alicyclic amines) is 1. The van der Waals surface area contributed by atoms with Gasteiger partial charge in [-0.1, -0.05) is 24.3 Å². The van der Waals surface area contributed by atoms with Gasteiger partial charge < -0.3 is 19.4 Å². The highest BCUT2D eigenvalue weighted by atomic mass is 16.5. The zero-order valence-electron chi connectivity index (χ0n) is 17.1. The Bertz CT molecular complexity index is 851. The lowest BCUT2D eigenvalue weighted by molar-refractivity contribution is 0.191. The number of hydrogen-bond acceptors (Lipinski definition) is 4. The summed E-state index contributed by atoms with van der Waals surface area (Å²) in [5.74, 6) is 1.64. The van der Waals surface area contributed by atoms with E-state index in [0.29, 0.717) is 12.0 Å². The highest BCUT2D eigenvalue weighted by Crippen LogP contribution is 2.50. The molecule has 0 radical (unpaired) electrons. The van der Waals surface area contributed by atoms with Gasteiger partial charge >= 0.3 is 0 Å². The maximum absolute atomic E-state index is 5.36. The molecule has 1 fully saturated rings. The van der Waals surface area contributed by atoms with Gasteiger partial charge in [-0.3, -0.25) is 0 Å². The summed E-state index contributed by atoms with van der Waals surface area (Å²) < 4.78 is 5.36. The van der Waals surface area contributed by atoms with Crippen molar-refractivity contribution in [1.29, 1.82) is 0 Å². The summed E-state index contributed by atoms with van der Waals surface area (Å²) in [6, 6.07) is 16.2. The summed E-state index contributed by atoms with van der Waals surface area (Å²) in [6.07, 6.45) is 3.63. The highest BCUT2D eigenvalue weighted by molar-refractivity contribution is 5.80. The van der Waals surface area contributed by atoms with Crippen LogP contribution in [0.1, 0.15) is 29.9 Å². The summed E-state index contributed by atoms with van der Waals surface area (Å²) in [5, 5.41) is 0. The first-order chi connectivity index (χ1) is 13.7. The van der Waals surface area contributed by atoms with Crippen LogP contribution in [0.15, 0.2) is 42.5 Å². The molecule has 3 aliphatic rings. The molecule has 0 unspecified atom stereocenters. The van der Waals surface area contributed by atoms with E-state index in [1.165, 1.54) is 56.0 Å². The number of para-hydroxylation sites is 1. The monoisotopic (exact) mass is 377 g/mol. The summed E-state index contributed by atoms with van der Waals surface area (Å²) in [7, 11) is 3.98. The fourth-order valence-corrected chi connectivity index (χ4v) is 5.51. The van der Waals surface area contributed by atoms with E-state index in [1.807, 2.05) is 6.07 Å². The third-order valence-corrected chi connectivity index (χ3v) is 6.95. The van der Waals surface area contributed by atoms with Gasteiger partial charge in [-0.2, -0.15) is 0 Å². The molecule has 3 heterocycles. The normalized spacial score (nSPS) is 23.5. The Morgan fingerprint density at radius 3 is 2.86 bits per heavy atom. The fourth-order valence-electron chi connectivity index (χ4n) is 5.51. The van der Waals surface area contributed by atoms with Crippen molar-refractivity contribution < 1.29 is 4.74 Å². The maximum Gasteiger partial charge on any atom is 0.119 e. The smallest absolute Gasteiger partial charge is 0.119 e. The number of benzene rings is 2. The van der Waals surface area contributed by atoms with E-state index < -0.39 is 0 Å². The number of piperidine rings is 1. The van der Waals surface area contributed by atoms with Crippen LogP contribution >= 0.6 is 0 Å². The predicted octanol–water partition coefficient (Wildman–Crippen LogP) is 3.76. The van der Waals surface area contributed by atoms with Crippen LogP contribution in [-0.4, -0.2) is 57.8 Å². The first kappa shape index (κ1) is 17.9. The molecule has 148 valence electrons. The molecule has 5 rings (SSSR count). The zero-order chi connectivity index (χ0) is 19.1. The van der Waals surface area contributed by atoms with E-state index in [1.54, 1.807) is 12.7 Å². The summed E-state index contributed by atoms with van der Waals surface area (Å²) >= 11 is 0. The predicted molar refractivity (Wildman–Crippen MR) is 116 cm³/mol. The van der Waals surface area contributed by atoms with Gasteiger partial charge in [0, 0.05) is 45.2 Å². The first-order valence-electron chi connectivity index (χ1n) is 10.7. The number of aryl methyl sites for hydroxylation is 1. The highest BCUT2D eigenvalue weighted by Gasteiger charge is 2.44. The summed E-state index contributed by atoms with van der Waals surface area (Å²) in [5.41, 5.74) is 5.93. The number of anilines is 2. The number of likely N-dealkylation sites (N-methyl/N-ethyl adjacent to an activating group) is 1. The molecule has 2 aromatic carbocycles. The van der Waals surface area contributed by atoms with Crippen molar-refractivity contribution in [2.45, 2.75) is 31.2 Å². The van der Waals surface area contributed by atoms with E-state index in [9.17, 15) is 0 Å². The Kier molecular flexibility index (Phi) is 4.67. The second-order valence-electron chi connectivity index (χ2n) is 8.55. The van der Waals surface area contributed by atoms with E-state index in [-0.39, 0.29) is 0 Å². The van der Waals surface area contributed by atoms with Crippen LogP contribution in [0.5, 0.6) is 5.75 Å². The zero-order valence-corrected chi connectivity index (χ0v) is 17.1. The van der Waals surface area contributed by atoms with Crippen LogP contribution in [-0.2, 0) is 6.42 Å². The number of rotatable bonds is 5. The Morgan fingerprint density at radius 2 is 1.96 bits per heavy atom. The number of nitrogens with zero attached hydrogens (tertiary/aromatic N) is 3. The quantitative estimate of drug-likeness (QED) is 0.790. The molecule has 0 bridgehead atoms. The molecule has 0 amide bonds. The molecular formula is C24H31N3O. The van der Waals surface area contributed by atoms with Gasteiger partial charge in [0.15, 0.2) is 0 Å². The molecule has 4 nitrogen and oxygen atoms in total. The van der Waals surface area contributed by atoms with Gasteiger partial charge in [0.2, 0.25) is 0 Å². The van der Waals surface area contributed by atoms with Crippen molar-refractivity contribution in [2.75, 3.05) is 56.7 Å². The third-order valence-electron chi connectivity index (χ3n) is 6.95. The van der Waals surface area contributed by atoms with Crippen molar-refractivity contribution in [3.8, 4) is 5.75 Å². The second kappa shape index (κ2) is 7.32. The first-order valence-corrected chi connectivity index (χ1v) is 10.7. The molecule has 0 aromatic heterocycles. The topological polar surface area (TPSA) is 19.0 Å². The molecule has 4 heteroatoms. The van der Waals surface area contributed by atoms with Gasteiger partial charge in [0.1, 0.15) is 5.75 Å². The maximum atomic E-state index is 5.36. The van der Waals surface area contributed by atoms with Crippen molar-refractivity contribution in [3.05, 3.63) is 53.6 Å². The molecule has 0 N–H and O–H groups in total. The second-order valence-corrected chi connectivity index (χ2v) is 8.55. The number of fused-ring (bicyclic) bond motifs is 3. The standard InChI is InChI=1S/C24H31N3O/c1-25-14-15-27-22-11-13-26(12-5-7-18-6-3-8-19(16-18)28-2)17-21(22)20-9-4-10-23(25)24(20)27/h3-4,6,8-10,16,21-22H,5,7,11-15,17H2,1-2H3/t21-,22-/m0/s1. The lowest BCUT2D eigenvalue weighted by Gasteiger charge is -2.41. The molecule has 28 heavy (non-hydrogen) atoms. The molecule has 0 spiro atoms. The molecule has 2 aromatic rings. The average molecular weight is 378 g/mol. The average Bonchev–Trinajstić information content (AvgIpc) is 3.05. The van der Waals surface area contributed by atoms with Crippen LogP contribution in [0.4, 0.5) is 11.4 Å². The van der Waals surface area contributed by atoms with E-state index >= 15 is 0 Å². The van der Waals surface area contributed by atoms with Crippen LogP contribution in [0, 0.1) is 0 Å². The van der Waals surface area contributed by atoms with Gasteiger partial charge in [0.25, 0.3) is 0 Å². The number of methoxy groups -OCH3 is 1. The molecule has 3 aliphatic heterocycles. The van der Waals surface area contributed by atoms with Crippen molar-refractivity contribution in [3.63, 3.8) is 0 Å². The molecule has 2 atom stereocenters. The van der Waals surface area contributed by atoms with Crippen molar-refractivity contribution >= 4 is 11.4 Å². The van der Waals surface area contributed by atoms with Crippen LogP contribution in [0.25, 0.3) is 0 Å². The van der Waals surface area contributed by atoms with Gasteiger partial charge in [-0.05, 0) is 55.1 Å². The Balaban J connectivity index is 1.25. The largest absolute Gasteiger partial charge is 0.497 e. The lowest BCUT2D eigenvalue weighted by Crippen LogP contribution is -2.49. The minimum absolute atomic E-state index is 0.673. The SMILES string of the molecule is COc1cccc(CCCN2CC[C@H]3[C@@H](C2)c2cccc4c2N3CCN4C)c1. The summed E-state index contributed by atoms with van der Waals surface area (Å²) in [4.78, 5) is 7.85. The van der Waals surface area contributed by atoms with Gasteiger partial charge in [0.05, 0.1) is 18.5 Å². The van der Waals surface area contributed by atoms with Crippen LogP contribution in [0.3, 0.4) is 0 Å². The summed E-state index contributed by atoms with van der Waals surface area (Å²) in [6.45, 7) is 5.95. The molecule has 0 saturated carbocycles. The Hall–Kier alpha value is -2.20. The van der Waals surface area contributed by atoms with Crippen molar-refractivity contribution in [2.24, 2.45) is 0 Å². The molecule has 1 saturated heterocycles. The number of hydrogen-bond donors (Lipinski definition) is 0. The van der Waals surface area contributed by atoms with E-state index in [0.717, 1.165) is 18.7 Å². The van der Waals surface area contributed by atoms with E-state index in [4.69, 9.17) is 4.74 Å². The van der Waals surface area contributed by atoms with Crippen LogP contribution < -0.4 is 14.5 Å². The fraction of sp³-hybridized carbons (Fsp3) is 0.500.